The number of hydrogen-bond donors (Lipinski definition) is 1. The number of pyridine rings is 1. The van der Waals surface area contributed by atoms with Crippen LogP contribution in [0.5, 0.6) is 0 Å². The predicted molar refractivity (Wildman–Crippen MR) is 68.9 cm³/mol. The molecule has 1 fully saturated rings. The predicted octanol–water partition coefficient (Wildman–Crippen LogP) is 1.88. The van der Waals surface area contributed by atoms with Gasteiger partial charge in [-0.05, 0) is 25.0 Å². The molecule has 1 saturated carbocycles. The highest BCUT2D eigenvalue weighted by molar-refractivity contribution is 5.59. The molecule has 0 aromatic carbocycles. The molecule has 0 amide bonds. The Morgan fingerprint density at radius 2 is 2.17 bits per heavy atom. The van der Waals surface area contributed by atoms with E-state index in [0.29, 0.717) is 18.0 Å². The van der Waals surface area contributed by atoms with E-state index in [2.05, 4.69) is 14.5 Å². The van der Waals surface area contributed by atoms with E-state index in [-0.39, 0.29) is 0 Å². The summed E-state index contributed by atoms with van der Waals surface area (Å²) in [5.74, 6) is 0.535. The number of nitrogens with zero attached hydrogens (tertiary/aromatic N) is 3. The van der Waals surface area contributed by atoms with Crippen LogP contribution in [0.25, 0.3) is 11.3 Å². The summed E-state index contributed by atoms with van der Waals surface area (Å²) in [4.78, 5) is 8.36. The van der Waals surface area contributed by atoms with Crippen LogP contribution in [0.1, 0.15) is 18.9 Å². The zero-order valence-electron chi connectivity index (χ0n) is 10.3. The summed E-state index contributed by atoms with van der Waals surface area (Å²) in [5, 5.41) is 0. The molecule has 5 heteroatoms. The monoisotopic (exact) mass is 244 g/mol. The molecule has 1 aliphatic carbocycles. The third-order valence-electron chi connectivity index (χ3n) is 3.54. The van der Waals surface area contributed by atoms with Crippen LogP contribution in [0.4, 0.5) is 5.82 Å². The molecule has 2 heterocycles. The topological polar surface area (TPSA) is 66.0 Å². The van der Waals surface area contributed by atoms with Gasteiger partial charge in [-0.25, -0.2) is 9.97 Å². The fourth-order valence-corrected chi connectivity index (χ4v) is 2.33. The van der Waals surface area contributed by atoms with Gasteiger partial charge in [-0.3, -0.25) is 0 Å². The fourth-order valence-electron chi connectivity index (χ4n) is 2.33. The lowest BCUT2D eigenvalue weighted by atomic mass is 9.88. The number of imidazole rings is 1. The van der Waals surface area contributed by atoms with Crippen LogP contribution in [-0.2, 0) is 4.74 Å². The van der Waals surface area contributed by atoms with Crippen molar-refractivity contribution in [3.05, 3.63) is 30.9 Å². The molecule has 0 saturated heterocycles. The van der Waals surface area contributed by atoms with E-state index in [9.17, 15) is 0 Å². The van der Waals surface area contributed by atoms with Gasteiger partial charge in [0.05, 0.1) is 24.3 Å². The molecule has 2 N–H and O–H groups in total. The number of methoxy groups -OCH3 is 1. The van der Waals surface area contributed by atoms with Crippen LogP contribution in [0.2, 0.25) is 0 Å². The molecule has 94 valence electrons. The third-order valence-corrected chi connectivity index (χ3v) is 3.54. The number of nitrogen functional groups attached to an aromatic ring is 1. The van der Waals surface area contributed by atoms with E-state index >= 15 is 0 Å². The maximum atomic E-state index is 5.60. The normalized spacial score (nSPS) is 22.7. The average Bonchev–Trinajstić information content (AvgIpc) is 2.78. The maximum Gasteiger partial charge on any atom is 0.123 e. The quantitative estimate of drug-likeness (QED) is 0.895. The van der Waals surface area contributed by atoms with Crippen molar-refractivity contribution in [3.63, 3.8) is 0 Å². The molecule has 1 aliphatic rings. The third kappa shape index (κ3) is 1.86. The summed E-state index contributed by atoms with van der Waals surface area (Å²) in [6.07, 6.45) is 8.00. The van der Waals surface area contributed by atoms with Crippen LogP contribution in [0.15, 0.2) is 30.9 Å². The molecule has 3 rings (SSSR count). The minimum Gasteiger partial charge on any atom is -0.384 e. The number of ether oxygens (including phenoxy) is 1. The zero-order chi connectivity index (χ0) is 12.5. The number of aromatic nitrogens is 3. The Balaban J connectivity index is 1.86. The molecule has 2 aromatic heterocycles. The Morgan fingerprint density at radius 1 is 1.33 bits per heavy atom. The molecular formula is C13H16N4O. The second kappa shape index (κ2) is 4.42. The van der Waals surface area contributed by atoms with Gasteiger partial charge in [-0.2, -0.15) is 0 Å². The fraction of sp³-hybridized carbons (Fsp3) is 0.385. The Labute approximate surface area is 106 Å². The van der Waals surface area contributed by atoms with Crippen molar-refractivity contribution in [2.75, 3.05) is 12.8 Å². The number of nitrogens with two attached hydrogens (primary N) is 1. The van der Waals surface area contributed by atoms with E-state index in [4.69, 9.17) is 10.5 Å². The Morgan fingerprint density at radius 3 is 2.83 bits per heavy atom. The zero-order valence-corrected chi connectivity index (χ0v) is 10.3. The summed E-state index contributed by atoms with van der Waals surface area (Å²) in [7, 11) is 1.76. The van der Waals surface area contributed by atoms with Crippen molar-refractivity contribution in [1.82, 2.24) is 14.5 Å². The molecule has 0 radical (unpaired) electrons. The molecule has 0 atom stereocenters. The molecule has 0 aliphatic heterocycles. The van der Waals surface area contributed by atoms with Crippen LogP contribution in [-0.4, -0.2) is 27.7 Å². The minimum absolute atomic E-state index is 0.384. The second-order valence-corrected chi connectivity index (χ2v) is 4.64. The molecule has 0 bridgehead atoms. The van der Waals surface area contributed by atoms with Crippen LogP contribution < -0.4 is 5.73 Å². The van der Waals surface area contributed by atoms with E-state index in [0.717, 1.165) is 24.1 Å². The smallest absolute Gasteiger partial charge is 0.123 e. The van der Waals surface area contributed by atoms with Gasteiger partial charge in [0, 0.05) is 24.9 Å². The van der Waals surface area contributed by atoms with Crippen LogP contribution in [0.3, 0.4) is 0 Å². The Bertz CT molecular complexity index is 528. The second-order valence-electron chi connectivity index (χ2n) is 4.64. The van der Waals surface area contributed by atoms with Gasteiger partial charge in [0.15, 0.2) is 0 Å². The van der Waals surface area contributed by atoms with Gasteiger partial charge in [0.25, 0.3) is 0 Å². The van der Waals surface area contributed by atoms with Crippen molar-refractivity contribution in [1.29, 1.82) is 0 Å². The van der Waals surface area contributed by atoms with E-state index in [1.54, 1.807) is 13.3 Å². The maximum absolute atomic E-state index is 5.60. The largest absolute Gasteiger partial charge is 0.384 e. The first-order valence-electron chi connectivity index (χ1n) is 6.04. The Hall–Kier alpha value is -1.88. The van der Waals surface area contributed by atoms with Crippen LogP contribution in [0, 0.1) is 0 Å². The highest BCUT2D eigenvalue weighted by atomic mass is 16.5. The average molecular weight is 244 g/mol. The molecular weight excluding hydrogens is 228 g/mol. The highest BCUT2D eigenvalue weighted by Gasteiger charge is 2.31. The van der Waals surface area contributed by atoms with Crippen molar-refractivity contribution >= 4 is 5.82 Å². The number of anilines is 1. The van der Waals surface area contributed by atoms with Crippen molar-refractivity contribution in [2.24, 2.45) is 0 Å². The van der Waals surface area contributed by atoms with Gasteiger partial charge < -0.3 is 15.0 Å². The SMILES string of the molecule is COC1CC(n2cncc2-c2ccc(N)nc2)C1. The molecule has 18 heavy (non-hydrogen) atoms. The standard InChI is InChI=1S/C13H16N4O/c1-18-11-4-10(5-11)17-8-15-7-12(17)9-2-3-13(14)16-6-9/h2-3,6-8,10-11H,4-5H2,1H3,(H2,14,16). The lowest BCUT2D eigenvalue weighted by Crippen LogP contribution is -2.32. The first-order valence-corrected chi connectivity index (χ1v) is 6.04. The van der Waals surface area contributed by atoms with Gasteiger partial charge in [0.1, 0.15) is 5.82 Å². The van der Waals surface area contributed by atoms with Crippen LogP contribution >= 0.6 is 0 Å². The molecule has 2 aromatic rings. The van der Waals surface area contributed by atoms with E-state index < -0.39 is 0 Å². The summed E-state index contributed by atoms with van der Waals surface area (Å²) in [5.41, 5.74) is 7.73. The summed E-state index contributed by atoms with van der Waals surface area (Å²) < 4.78 is 7.51. The lowest BCUT2D eigenvalue weighted by molar-refractivity contribution is 0.00663. The van der Waals surface area contributed by atoms with Gasteiger partial charge in [-0.1, -0.05) is 0 Å². The van der Waals surface area contributed by atoms with Crippen molar-refractivity contribution < 1.29 is 4.74 Å². The number of rotatable bonds is 3. The van der Waals surface area contributed by atoms with Gasteiger partial charge in [-0.15, -0.1) is 0 Å². The molecule has 0 unspecified atom stereocenters. The lowest BCUT2D eigenvalue weighted by Gasteiger charge is -2.35. The van der Waals surface area contributed by atoms with E-state index in [1.807, 2.05) is 24.7 Å². The first kappa shape index (κ1) is 11.2. The van der Waals surface area contributed by atoms with Crippen molar-refractivity contribution in [3.8, 4) is 11.3 Å². The minimum atomic E-state index is 0.384. The molecule has 5 nitrogen and oxygen atoms in total. The van der Waals surface area contributed by atoms with Gasteiger partial charge >= 0.3 is 0 Å². The molecule has 0 spiro atoms. The summed E-state index contributed by atoms with van der Waals surface area (Å²) in [6, 6.07) is 4.26. The summed E-state index contributed by atoms with van der Waals surface area (Å²) in [6.45, 7) is 0. The first-order chi connectivity index (χ1) is 8.78. The Kier molecular flexibility index (Phi) is 2.76. The van der Waals surface area contributed by atoms with E-state index in [1.165, 1.54) is 0 Å². The highest BCUT2D eigenvalue weighted by Crippen LogP contribution is 2.36. The summed E-state index contributed by atoms with van der Waals surface area (Å²) >= 11 is 0. The van der Waals surface area contributed by atoms with Gasteiger partial charge in [0.2, 0.25) is 0 Å². The number of hydrogen-bond acceptors (Lipinski definition) is 4. The van der Waals surface area contributed by atoms with Crippen molar-refractivity contribution in [2.45, 2.75) is 25.0 Å².